The standard InChI is InChI=1S/C28H29FN4O3/c1-18-14-20(3-5-26(18)36-21-6-10-34-11-7-21)27-22-16-24(32-28(22)31-17-30-27)19-2-4-25(23(29)15-19)33-8-12-35-13-9-33/h2-5,14-17,21H,6-13H2,1H3,(H,30,31,32). The van der Waals surface area contributed by atoms with Crippen LogP contribution in [0.25, 0.3) is 33.5 Å². The number of aryl methyl sites for hydroxylation is 1. The Bertz CT molecular complexity index is 1380. The lowest BCUT2D eigenvalue weighted by atomic mass is 10.0. The van der Waals surface area contributed by atoms with Gasteiger partial charge in [-0.2, -0.15) is 0 Å². The molecule has 0 aliphatic carbocycles. The Labute approximate surface area is 209 Å². The van der Waals surface area contributed by atoms with Gasteiger partial charge in [0, 0.05) is 48.1 Å². The van der Waals surface area contributed by atoms with Crippen molar-refractivity contribution >= 4 is 16.7 Å². The average molecular weight is 489 g/mol. The Morgan fingerprint density at radius 2 is 1.72 bits per heavy atom. The van der Waals surface area contributed by atoms with Gasteiger partial charge in [-0.25, -0.2) is 14.4 Å². The number of morpholine rings is 1. The lowest BCUT2D eigenvalue weighted by Gasteiger charge is -2.29. The van der Waals surface area contributed by atoms with Gasteiger partial charge in [-0.1, -0.05) is 6.07 Å². The first-order valence-electron chi connectivity index (χ1n) is 12.5. The summed E-state index contributed by atoms with van der Waals surface area (Å²) in [6, 6.07) is 13.5. The molecule has 4 heterocycles. The molecule has 2 fully saturated rings. The second kappa shape index (κ2) is 9.87. The number of halogens is 1. The fraction of sp³-hybridized carbons (Fsp3) is 0.357. The largest absolute Gasteiger partial charge is 0.490 e. The van der Waals surface area contributed by atoms with E-state index in [4.69, 9.17) is 14.2 Å². The van der Waals surface area contributed by atoms with Crippen LogP contribution < -0.4 is 9.64 Å². The van der Waals surface area contributed by atoms with Crippen LogP contribution in [0.4, 0.5) is 10.1 Å². The Hall–Kier alpha value is -3.49. The van der Waals surface area contributed by atoms with Crippen molar-refractivity contribution in [2.45, 2.75) is 25.9 Å². The van der Waals surface area contributed by atoms with Crippen molar-refractivity contribution in [2.24, 2.45) is 0 Å². The first-order chi connectivity index (χ1) is 17.7. The van der Waals surface area contributed by atoms with E-state index in [1.54, 1.807) is 12.4 Å². The predicted octanol–water partition coefficient (Wildman–Crippen LogP) is 5.13. The van der Waals surface area contributed by atoms with Gasteiger partial charge in [0.2, 0.25) is 0 Å². The highest BCUT2D eigenvalue weighted by atomic mass is 19.1. The molecule has 2 aromatic heterocycles. The molecule has 0 amide bonds. The van der Waals surface area contributed by atoms with Crippen LogP contribution in [-0.4, -0.2) is 60.6 Å². The predicted molar refractivity (Wildman–Crippen MR) is 137 cm³/mol. The molecule has 2 saturated heterocycles. The Balaban J connectivity index is 1.29. The van der Waals surface area contributed by atoms with Crippen molar-refractivity contribution in [2.75, 3.05) is 44.4 Å². The highest BCUT2D eigenvalue weighted by Gasteiger charge is 2.19. The van der Waals surface area contributed by atoms with Crippen LogP contribution in [0.15, 0.2) is 48.8 Å². The number of anilines is 1. The molecule has 0 unspecified atom stereocenters. The summed E-state index contributed by atoms with van der Waals surface area (Å²) in [4.78, 5) is 14.4. The number of hydrogen-bond donors (Lipinski definition) is 1. The number of aromatic nitrogens is 3. The van der Waals surface area contributed by atoms with E-state index in [2.05, 4.69) is 27.9 Å². The molecule has 2 aliphatic heterocycles. The summed E-state index contributed by atoms with van der Waals surface area (Å²) in [6.45, 7) is 6.17. The summed E-state index contributed by atoms with van der Waals surface area (Å²) in [7, 11) is 0. The molecule has 0 radical (unpaired) electrons. The number of aromatic amines is 1. The molecule has 0 atom stereocenters. The smallest absolute Gasteiger partial charge is 0.147 e. The van der Waals surface area contributed by atoms with Gasteiger partial charge in [0.15, 0.2) is 0 Å². The quantitative estimate of drug-likeness (QED) is 0.420. The summed E-state index contributed by atoms with van der Waals surface area (Å²) >= 11 is 0. The second-order valence-corrected chi connectivity index (χ2v) is 9.34. The summed E-state index contributed by atoms with van der Waals surface area (Å²) < 4.78 is 32.1. The monoisotopic (exact) mass is 488 g/mol. The van der Waals surface area contributed by atoms with Gasteiger partial charge in [-0.05, 0) is 48.9 Å². The Morgan fingerprint density at radius 3 is 2.50 bits per heavy atom. The maximum absolute atomic E-state index is 15.0. The van der Waals surface area contributed by atoms with Crippen molar-refractivity contribution in [1.29, 1.82) is 0 Å². The summed E-state index contributed by atoms with van der Waals surface area (Å²) in [5.41, 5.74) is 5.76. The van der Waals surface area contributed by atoms with Crippen molar-refractivity contribution in [1.82, 2.24) is 15.0 Å². The van der Waals surface area contributed by atoms with Gasteiger partial charge in [-0.15, -0.1) is 0 Å². The first-order valence-corrected chi connectivity index (χ1v) is 12.5. The molecule has 7 nitrogen and oxygen atoms in total. The molecule has 0 saturated carbocycles. The van der Waals surface area contributed by atoms with E-state index >= 15 is 4.39 Å². The number of H-pyrrole nitrogens is 1. The zero-order valence-corrected chi connectivity index (χ0v) is 20.3. The van der Waals surface area contributed by atoms with Crippen molar-refractivity contribution < 1.29 is 18.6 Å². The van der Waals surface area contributed by atoms with E-state index in [1.807, 2.05) is 35.2 Å². The van der Waals surface area contributed by atoms with Crippen molar-refractivity contribution in [3.05, 3.63) is 60.2 Å². The third-order valence-corrected chi connectivity index (χ3v) is 6.95. The van der Waals surface area contributed by atoms with Crippen molar-refractivity contribution in [3.8, 4) is 28.3 Å². The summed E-state index contributed by atoms with van der Waals surface area (Å²) in [5, 5.41) is 0.891. The van der Waals surface area contributed by atoms with Crippen LogP contribution in [0.2, 0.25) is 0 Å². The van der Waals surface area contributed by atoms with Crippen LogP contribution in [0, 0.1) is 12.7 Å². The molecule has 0 spiro atoms. The number of ether oxygens (including phenoxy) is 3. The molecule has 186 valence electrons. The zero-order chi connectivity index (χ0) is 24.5. The van der Waals surface area contributed by atoms with Crippen LogP contribution in [0.1, 0.15) is 18.4 Å². The van der Waals surface area contributed by atoms with E-state index in [-0.39, 0.29) is 11.9 Å². The highest BCUT2D eigenvalue weighted by molar-refractivity contribution is 5.94. The van der Waals surface area contributed by atoms with Gasteiger partial charge < -0.3 is 24.1 Å². The Kier molecular flexibility index (Phi) is 6.29. The summed E-state index contributed by atoms with van der Waals surface area (Å²) in [6.07, 6.45) is 3.57. The number of benzene rings is 2. The van der Waals surface area contributed by atoms with E-state index in [9.17, 15) is 0 Å². The molecule has 36 heavy (non-hydrogen) atoms. The zero-order valence-electron chi connectivity index (χ0n) is 20.3. The molecule has 1 N–H and O–H groups in total. The van der Waals surface area contributed by atoms with Crippen LogP contribution >= 0.6 is 0 Å². The second-order valence-electron chi connectivity index (χ2n) is 9.34. The molecular formula is C28H29FN4O3. The number of nitrogens with one attached hydrogen (secondary N) is 1. The van der Waals surface area contributed by atoms with Gasteiger partial charge in [0.1, 0.15) is 29.6 Å². The molecule has 2 aliphatic rings. The SMILES string of the molecule is Cc1cc(-c2ncnc3[nH]c(-c4ccc(N5CCOCC5)c(F)c4)cc23)ccc1OC1CCOCC1. The lowest BCUT2D eigenvalue weighted by Crippen LogP contribution is -2.36. The minimum absolute atomic E-state index is 0.191. The fourth-order valence-electron chi connectivity index (χ4n) is 4.96. The Morgan fingerprint density at radius 1 is 0.944 bits per heavy atom. The van der Waals surface area contributed by atoms with E-state index in [1.165, 1.54) is 0 Å². The highest BCUT2D eigenvalue weighted by Crippen LogP contribution is 2.34. The molecule has 6 rings (SSSR count). The van der Waals surface area contributed by atoms with E-state index in [0.29, 0.717) is 37.6 Å². The van der Waals surface area contributed by atoms with Crippen LogP contribution in [0.3, 0.4) is 0 Å². The van der Waals surface area contributed by atoms with Gasteiger partial charge in [0.05, 0.1) is 37.8 Å². The average Bonchev–Trinajstić information content (AvgIpc) is 3.36. The minimum atomic E-state index is -0.241. The maximum Gasteiger partial charge on any atom is 0.147 e. The number of hydrogen-bond acceptors (Lipinski definition) is 6. The van der Waals surface area contributed by atoms with Crippen molar-refractivity contribution in [3.63, 3.8) is 0 Å². The maximum atomic E-state index is 15.0. The first kappa shape index (κ1) is 22.9. The lowest BCUT2D eigenvalue weighted by molar-refractivity contribution is 0.0253. The molecule has 2 aromatic carbocycles. The summed E-state index contributed by atoms with van der Waals surface area (Å²) in [5.74, 6) is 0.650. The topological polar surface area (TPSA) is 72.5 Å². The van der Waals surface area contributed by atoms with Gasteiger partial charge in [-0.3, -0.25) is 0 Å². The third-order valence-electron chi connectivity index (χ3n) is 6.95. The molecule has 8 heteroatoms. The minimum Gasteiger partial charge on any atom is -0.490 e. The van der Waals surface area contributed by atoms with Crippen LogP contribution in [0.5, 0.6) is 5.75 Å². The fourth-order valence-corrected chi connectivity index (χ4v) is 4.96. The van der Waals surface area contributed by atoms with E-state index < -0.39 is 0 Å². The normalized spacial score (nSPS) is 17.0. The van der Waals surface area contributed by atoms with Gasteiger partial charge in [0.25, 0.3) is 0 Å². The number of nitrogens with zero attached hydrogens (tertiary/aromatic N) is 3. The number of rotatable bonds is 5. The van der Waals surface area contributed by atoms with Gasteiger partial charge >= 0.3 is 0 Å². The molecule has 4 aromatic rings. The molecular weight excluding hydrogens is 459 g/mol. The third kappa shape index (κ3) is 4.54. The number of fused-ring (bicyclic) bond motifs is 1. The molecule has 0 bridgehead atoms. The van der Waals surface area contributed by atoms with E-state index in [0.717, 1.165) is 65.3 Å². The van der Waals surface area contributed by atoms with Crippen LogP contribution in [-0.2, 0) is 9.47 Å².